The molecule has 0 spiro atoms. The Morgan fingerprint density at radius 3 is 2.00 bits per heavy atom. The lowest BCUT2D eigenvalue weighted by Gasteiger charge is -2.16. The van der Waals surface area contributed by atoms with Crippen molar-refractivity contribution in [3.05, 3.63) is 35.4 Å². The zero-order valence-corrected chi connectivity index (χ0v) is 11.6. The van der Waals surface area contributed by atoms with Crippen molar-refractivity contribution in [2.24, 2.45) is 11.3 Å². The van der Waals surface area contributed by atoms with Crippen molar-refractivity contribution in [2.45, 2.75) is 46.0 Å². The minimum atomic E-state index is 0.136. The van der Waals surface area contributed by atoms with Crippen LogP contribution in [-0.2, 0) is 5.41 Å². The van der Waals surface area contributed by atoms with Gasteiger partial charge in [0.1, 0.15) is 0 Å². The van der Waals surface area contributed by atoms with Crippen molar-refractivity contribution in [1.29, 1.82) is 0 Å². The molecule has 17 heavy (non-hydrogen) atoms. The molecule has 2 rings (SSSR count). The van der Waals surface area contributed by atoms with Crippen LogP contribution in [-0.4, -0.2) is 11.7 Å². The van der Waals surface area contributed by atoms with Crippen LogP contribution in [0.3, 0.4) is 0 Å². The van der Waals surface area contributed by atoms with Crippen LogP contribution in [0.25, 0.3) is 0 Å². The minimum Gasteiger partial charge on any atom is -0.396 e. The van der Waals surface area contributed by atoms with Crippen molar-refractivity contribution in [1.82, 2.24) is 0 Å². The van der Waals surface area contributed by atoms with E-state index in [0.29, 0.717) is 11.8 Å². The fraction of sp³-hybridized carbons (Fsp3) is 0.625. The number of hydrogen-bond donors (Lipinski definition) is 1. The maximum absolute atomic E-state index is 9.48. The summed E-state index contributed by atoms with van der Waals surface area (Å²) in [6.07, 6.45) is 0. The molecular weight excluding hydrogens is 208 g/mol. The summed E-state index contributed by atoms with van der Waals surface area (Å²) in [5.74, 6) is 0.970. The fourth-order valence-corrected chi connectivity index (χ4v) is 3.30. The van der Waals surface area contributed by atoms with E-state index in [1.54, 1.807) is 0 Å². The van der Waals surface area contributed by atoms with Crippen molar-refractivity contribution in [3.8, 4) is 0 Å². The van der Waals surface area contributed by atoms with E-state index in [0.717, 1.165) is 0 Å². The van der Waals surface area contributed by atoms with Crippen molar-refractivity contribution < 1.29 is 5.11 Å². The van der Waals surface area contributed by atoms with Gasteiger partial charge in [-0.3, -0.25) is 0 Å². The number of rotatable bonds is 3. The third-order valence-electron chi connectivity index (χ3n) is 5.18. The molecular formula is C16H24O. The smallest absolute Gasteiger partial charge is 0.0473 e. The molecule has 1 aliphatic rings. The Morgan fingerprint density at radius 1 is 1.12 bits per heavy atom. The maximum atomic E-state index is 9.48. The Hall–Kier alpha value is -0.820. The average Bonchev–Trinajstić information content (AvgIpc) is 2.73. The average molecular weight is 232 g/mol. The molecule has 1 aliphatic carbocycles. The van der Waals surface area contributed by atoms with E-state index in [2.05, 4.69) is 58.9 Å². The SMILES string of the molecule is CC(C)c1ccc(C2(C)C(CO)C2(C)C)cc1. The van der Waals surface area contributed by atoms with Gasteiger partial charge in [0.25, 0.3) is 0 Å². The Kier molecular flexibility index (Phi) is 2.86. The third kappa shape index (κ3) is 1.63. The highest BCUT2D eigenvalue weighted by atomic mass is 16.3. The van der Waals surface area contributed by atoms with Gasteiger partial charge in [-0.05, 0) is 28.4 Å². The zero-order valence-electron chi connectivity index (χ0n) is 11.6. The summed E-state index contributed by atoms with van der Waals surface area (Å²) < 4.78 is 0. The first-order valence-electron chi connectivity index (χ1n) is 6.57. The summed E-state index contributed by atoms with van der Waals surface area (Å²) in [4.78, 5) is 0. The lowest BCUT2D eigenvalue weighted by Crippen LogP contribution is -2.10. The molecule has 1 fully saturated rings. The molecule has 0 aliphatic heterocycles. The number of aliphatic hydroxyl groups is 1. The van der Waals surface area contributed by atoms with Gasteiger partial charge in [0, 0.05) is 12.0 Å². The van der Waals surface area contributed by atoms with Gasteiger partial charge in [-0.25, -0.2) is 0 Å². The van der Waals surface area contributed by atoms with Gasteiger partial charge in [0.15, 0.2) is 0 Å². The predicted octanol–water partition coefficient (Wildman–Crippen LogP) is 3.72. The van der Waals surface area contributed by atoms with Crippen LogP contribution in [0.15, 0.2) is 24.3 Å². The summed E-state index contributed by atoms with van der Waals surface area (Å²) in [5, 5.41) is 9.48. The van der Waals surface area contributed by atoms with E-state index in [-0.39, 0.29) is 17.4 Å². The van der Waals surface area contributed by atoms with Gasteiger partial charge in [-0.15, -0.1) is 0 Å². The van der Waals surface area contributed by atoms with Crippen LogP contribution in [0.1, 0.15) is 51.7 Å². The number of benzene rings is 1. The molecule has 94 valence electrons. The van der Waals surface area contributed by atoms with Crippen LogP contribution in [0.4, 0.5) is 0 Å². The van der Waals surface area contributed by atoms with E-state index >= 15 is 0 Å². The largest absolute Gasteiger partial charge is 0.396 e. The van der Waals surface area contributed by atoms with Crippen LogP contribution < -0.4 is 0 Å². The molecule has 1 aromatic carbocycles. The van der Waals surface area contributed by atoms with Crippen LogP contribution in [0.2, 0.25) is 0 Å². The number of aliphatic hydroxyl groups excluding tert-OH is 1. The summed E-state index contributed by atoms with van der Waals surface area (Å²) in [6, 6.07) is 8.95. The molecule has 0 radical (unpaired) electrons. The van der Waals surface area contributed by atoms with E-state index in [9.17, 15) is 5.11 Å². The number of hydrogen-bond acceptors (Lipinski definition) is 1. The summed E-state index contributed by atoms with van der Waals surface area (Å²) in [5.41, 5.74) is 3.10. The Labute approximate surface area is 105 Å². The topological polar surface area (TPSA) is 20.2 Å². The monoisotopic (exact) mass is 232 g/mol. The first kappa shape index (κ1) is 12.6. The molecule has 2 atom stereocenters. The minimum absolute atomic E-state index is 0.136. The molecule has 0 aromatic heterocycles. The lowest BCUT2D eigenvalue weighted by molar-refractivity contribution is 0.254. The molecule has 0 bridgehead atoms. The molecule has 0 heterocycles. The molecule has 2 unspecified atom stereocenters. The Morgan fingerprint density at radius 2 is 1.65 bits per heavy atom. The third-order valence-corrected chi connectivity index (χ3v) is 5.18. The van der Waals surface area contributed by atoms with Crippen molar-refractivity contribution >= 4 is 0 Å². The second-order valence-corrected chi connectivity index (χ2v) is 6.44. The Balaban J connectivity index is 2.30. The Bertz CT molecular complexity index is 402. The van der Waals surface area contributed by atoms with Gasteiger partial charge in [-0.1, -0.05) is 58.9 Å². The van der Waals surface area contributed by atoms with Crippen LogP contribution in [0, 0.1) is 11.3 Å². The van der Waals surface area contributed by atoms with E-state index in [1.807, 2.05) is 0 Å². The maximum Gasteiger partial charge on any atom is 0.0473 e. The van der Waals surface area contributed by atoms with Crippen molar-refractivity contribution in [3.63, 3.8) is 0 Å². The van der Waals surface area contributed by atoms with Crippen LogP contribution >= 0.6 is 0 Å². The van der Waals surface area contributed by atoms with E-state index < -0.39 is 0 Å². The second-order valence-electron chi connectivity index (χ2n) is 6.44. The first-order valence-corrected chi connectivity index (χ1v) is 6.57. The normalized spacial score (nSPS) is 30.6. The van der Waals surface area contributed by atoms with E-state index in [1.165, 1.54) is 11.1 Å². The standard InChI is InChI=1S/C16H24O/c1-11(2)12-6-8-13(9-7-12)16(5)14(10-17)15(16,3)4/h6-9,11,14,17H,10H2,1-5H3. The lowest BCUT2D eigenvalue weighted by atomic mass is 9.88. The predicted molar refractivity (Wildman–Crippen MR) is 72.2 cm³/mol. The first-order chi connectivity index (χ1) is 7.85. The molecule has 1 aromatic rings. The summed E-state index contributed by atoms with van der Waals surface area (Å²) >= 11 is 0. The quantitative estimate of drug-likeness (QED) is 0.842. The highest BCUT2D eigenvalue weighted by Crippen LogP contribution is 2.68. The summed E-state index contributed by atoms with van der Waals surface area (Å²) in [7, 11) is 0. The molecule has 0 saturated heterocycles. The second kappa shape index (κ2) is 3.84. The van der Waals surface area contributed by atoms with Gasteiger partial charge in [0.2, 0.25) is 0 Å². The van der Waals surface area contributed by atoms with Gasteiger partial charge in [0.05, 0.1) is 0 Å². The highest BCUT2D eigenvalue weighted by molar-refractivity contribution is 5.40. The van der Waals surface area contributed by atoms with Crippen molar-refractivity contribution in [2.75, 3.05) is 6.61 Å². The van der Waals surface area contributed by atoms with Gasteiger partial charge >= 0.3 is 0 Å². The molecule has 0 amide bonds. The molecule has 1 saturated carbocycles. The summed E-state index contributed by atoms with van der Waals surface area (Å²) in [6.45, 7) is 11.5. The van der Waals surface area contributed by atoms with Crippen LogP contribution in [0.5, 0.6) is 0 Å². The van der Waals surface area contributed by atoms with Gasteiger partial charge in [-0.2, -0.15) is 0 Å². The molecule has 1 nitrogen and oxygen atoms in total. The molecule has 1 heteroatoms. The highest BCUT2D eigenvalue weighted by Gasteiger charge is 2.67. The van der Waals surface area contributed by atoms with E-state index in [4.69, 9.17) is 0 Å². The zero-order chi connectivity index (χ0) is 12.8. The molecule has 1 N–H and O–H groups in total. The van der Waals surface area contributed by atoms with Gasteiger partial charge < -0.3 is 5.11 Å². The fourth-order valence-electron chi connectivity index (χ4n) is 3.30.